The van der Waals surface area contributed by atoms with Crippen molar-refractivity contribution in [1.82, 2.24) is 10.2 Å². The molecule has 0 aromatic heterocycles. The van der Waals surface area contributed by atoms with Gasteiger partial charge < -0.3 is 10.2 Å². The number of carbonyl (C=O) groups is 1. The van der Waals surface area contributed by atoms with E-state index in [4.69, 9.17) is 0 Å². The van der Waals surface area contributed by atoms with Gasteiger partial charge in [0.2, 0.25) is 5.91 Å². The van der Waals surface area contributed by atoms with E-state index >= 15 is 0 Å². The van der Waals surface area contributed by atoms with Gasteiger partial charge in [-0.2, -0.15) is 0 Å². The van der Waals surface area contributed by atoms with E-state index < -0.39 is 0 Å². The smallest absolute Gasteiger partial charge is 0.222 e. The summed E-state index contributed by atoms with van der Waals surface area (Å²) in [6, 6.07) is 6.32. The summed E-state index contributed by atoms with van der Waals surface area (Å²) < 4.78 is 1.13. The molecule has 1 amide bonds. The molecule has 0 radical (unpaired) electrons. The van der Waals surface area contributed by atoms with Crippen molar-refractivity contribution in [3.8, 4) is 0 Å². The van der Waals surface area contributed by atoms with Crippen LogP contribution < -0.4 is 5.32 Å². The number of carbonyl (C=O) groups excluding carboxylic acids is 1. The van der Waals surface area contributed by atoms with E-state index in [0.29, 0.717) is 18.2 Å². The second-order valence-electron chi connectivity index (χ2n) is 5.84. The Labute approximate surface area is 141 Å². The molecular weight excluding hydrogens is 352 g/mol. The highest BCUT2D eigenvalue weighted by atomic mass is 79.9. The second-order valence-corrected chi connectivity index (χ2v) is 6.69. The molecule has 0 bridgehead atoms. The third-order valence-electron chi connectivity index (χ3n) is 4.50. The zero-order valence-corrected chi connectivity index (χ0v) is 14.5. The van der Waals surface area contributed by atoms with Crippen LogP contribution in [0.2, 0.25) is 0 Å². The first-order valence-corrected chi connectivity index (χ1v) is 8.28. The summed E-state index contributed by atoms with van der Waals surface area (Å²) in [6.45, 7) is 3.83. The number of nitrogens with one attached hydrogen (secondary N) is 1. The van der Waals surface area contributed by atoms with Crippen molar-refractivity contribution in [2.75, 3.05) is 19.6 Å². The maximum absolute atomic E-state index is 12.4. The number of hydrogen-bond acceptors (Lipinski definition) is 2. The van der Waals surface area contributed by atoms with Gasteiger partial charge in [0.1, 0.15) is 0 Å². The van der Waals surface area contributed by atoms with Crippen molar-refractivity contribution in [3.63, 3.8) is 0 Å². The standard InChI is InChI=1S/C16H21BrN2O.ClH/c17-15-3-1-2-13-7-9-19(11-14(13)15)16(20)5-4-12-6-8-18-10-12;/h1-3,12,18H,4-11H2;1H. The van der Waals surface area contributed by atoms with Crippen LogP contribution in [0, 0.1) is 5.92 Å². The minimum absolute atomic E-state index is 0. The number of rotatable bonds is 3. The molecule has 0 spiro atoms. The van der Waals surface area contributed by atoms with Gasteiger partial charge in [0.25, 0.3) is 0 Å². The molecule has 2 heterocycles. The fourth-order valence-corrected chi connectivity index (χ4v) is 3.73. The predicted molar refractivity (Wildman–Crippen MR) is 90.7 cm³/mol. The Balaban J connectivity index is 0.00000161. The molecule has 1 aromatic rings. The Kier molecular flexibility index (Phi) is 6.08. The molecule has 2 aliphatic heterocycles. The lowest BCUT2D eigenvalue weighted by molar-refractivity contribution is -0.132. The zero-order valence-electron chi connectivity index (χ0n) is 12.1. The van der Waals surface area contributed by atoms with Crippen molar-refractivity contribution in [2.45, 2.75) is 32.2 Å². The summed E-state index contributed by atoms with van der Waals surface area (Å²) in [7, 11) is 0. The molecule has 3 rings (SSSR count). The highest BCUT2D eigenvalue weighted by Gasteiger charge is 2.23. The summed E-state index contributed by atoms with van der Waals surface area (Å²) in [5, 5.41) is 3.36. The number of hydrogen-bond donors (Lipinski definition) is 1. The van der Waals surface area contributed by atoms with Gasteiger partial charge in [-0.05, 0) is 55.5 Å². The Morgan fingerprint density at radius 2 is 2.29 bits per heavy atom. The van der Waals surface area contributed by atoms with Crippen LogP contribution in [-0.4, -0.2) is 30.4 Å². The summed E-state index contributed by atoms with van der Waals surface area (Å²) in [5.41, 5.74) is 2.66. The molecule has 1 atom stereocenters. The van der Waals surface area contributed by atoms with Gasteiger partial charge in [-0.25, -0.2) is 0 Å². The van der Waals surface area contributed by atoms with Crippen molar-refractivity contribution < 1.29 is 4.79 Å². The molecule has 2 aliphatic rings. The van der Waals surface area contributed by atoms with E-state index in [1.54, 1.807) is 0 Å². The average Bonchev–Trinajstić information content (AvgIpc) is 2.98. The summed E-state index contributed by atoms with van der Waals surface area (Å²) in [6.07, 6.45) is 3.93. The molecule has 1 aromatic carbocycles. The molecule has 5 heteroatoms. The van der Waals surface area contributed by atoms with Crippen LogP contribution in [0.25, 0.3) is 0 Å². The summed E-state index contributed by atoms with van der Waals surface area (Å²) in [4.78, 5) is 14.4. The van der Waals surface area contributed by atoms with E-state index in [1.807, 2.05) is 4.90 Å². The van der Waals surface area contributed by atoms with Crippen LogP contribution >= 0.6 is 28.3 Å². The monoisotopic (exact) mass is 372 g/mol. The van der Waals surface area contributed by atoms with Crippen molar-refractivity contribution in [1.29, 1.82) is 0 Å². The minimum Gasteiger partial charge on any atom is -0.338 e. The van der Waals surface area contributed by atoms with Crippen molar-refractivity contribution >= 4 is 34.2 Å². The SMILES string of the molecule is Cl.O=C(CCC1CCNC1)N1CCc2cccc(Br)c2C1. The fraction of sp³-hybridized carbons (Fsp3) is 0.562. The highest BCUT2D eigenvalue weighted by Crippen LogP contribution is 2.27. The van der Waals surface area contributed by atoms with Crippen LogP contribution in [0.5, 0.6) is 0 Å². The normalized spacial score (nSPS) is 20.8. The highest BCUT2D eigenvalue weighted by molar-refractivity contribution is 9.10. The van der Waals surface area contributed by atoms with E-state index in [0.717, 1.165) is 43.5 Å². The van der Waals surface area contributed by atoms with E-state index in [9.17, 15) is 4.79 Å². The van der Waals surface area contributed by atoms with Crippen LogP contribution in [0.15, 0.2) is 22.7 Å². The molecule has 116 valence electrons. The van der Waals surface area contributed by atoms with Gasteiger partial charge in [-0.1, -0.05) is 28.1 Å². The molecule has 3 nitrogen and oxygen atoms in total. The molecule has 1 saturated heterocycles. The first kappa shape index (κ1) is 16.8. The van der Waals surface area contributed by atoms with E-state index in [2.05, 4.69) is 39.4 Å². The van der Waals surface area contributed by atoms with Crippen LogP contribution in [0.3, 0.4) is 0 Å². The molecule has 21 heavy (non-hydrogen) atoms. The molecule has 1 unspecified atom stereocenters. The summed E-state index contributed by atoms with van der Waals surface area (Å²) >= 11 is 3.61. The van der Waals surface area contributed by atoms with Crippen LogP contribution in [-0.2, 0) is 17.8 Å². The quantitative estimate of drug-likeness (QED) is 0.883. The van der Waals surface area contributed by atoms with E-state index in [-0.39, 0.29) is 12.4 Å². The van der Waals surface area contributed by atoms with Crippen LogP contribution in [0.1, 0.15) is 30.4 Å². The minimum atomic E-state index is 0. The van der Waals surface area contributed by atoms with Crippen molar-refractivity contribution in [3.05, 3.63) is 33.8 Å². The molecule has 1 fully saturated rings. The lowest BCUT2D eigenvalue weighted by Crippen LogP contribution is -2.36. The predicted octanol–water partition coefficient (Wildman–Crippen LogP) is 3.15. The third kappa shape index (κ3) is 3.99. The third-order valence-corrected chi connectivity index (χ3v) is 5.24. The Bertz CT molecular complexity index is 503. The van der Waals surface area contributed by atoms with Gasteiger partial charge in [-0.15, -0.1) is 12.4 Å². The maximum atomic E-state index is 12.4. The number of benzene rings is 1. The molecule has 1 N–H and O–H groups in total. The Morgan fingerprint density at radius 1 is 1.43 bits per heavy atom. The van der Waals surface area contributed by atoms with Gasteiger partial charge in [0, 0.05) is 24.0 Å². The molecule has 0 saturated carbocycles. The maximum Gasteiger partial charge on any atom is 0.222 e. The topological polar surface area (TPSA) is 32.3 Å². The summed E-state index contributed by atoms with van der Waals surface area (Å²) in [5.74, 6) is 1.01. The Hall–Kier alpha value is -0.580. The number of fused-ring (bicyclic) bond motifs is 1. The first-order chi connectivity index (χ1) is 9.74. The Morgan fingerprint density at radius 3 is 3.05 bits per heavy atom. The van der Waals surface area contributed by atoms with Gasteiger partial charge in [0.05, 0.1) is 0 Å². The van der Waals surface area contributed by atoms with E-state index in [1.165, 1.54) is 17.5 Å². The molecular formula is C16H22BrClN2O. The van der Waals surface area contributed by atoms with Crippen LogP contribution in [0.4, 0.5) is 0 Å². The number of nitrogens with zero attached hydrogens (tertiary/aromatic N) is 1. The zero-order chi connectivity index (χ0) is 13.9. The lowest BCUT2D eigenvalue weighted by Gasteiger charge is -2.30. The van der Waals surface area contributed by atoms with Gasteiger partial charge in [-0.3, -0.25) is 4.79 Å². The van der Waals surface area contributed by atoms with Gasteiger partial charge >= 0.3 is 0 Å². The molecule has 0 aliphatic carbocycles. The fourth-order valence-electron chi connectivity index (χ4n) is 3.20. The number of amides is 1. The van der Waals surface area contributed by atoms with Gasteiger partial charge in [0.15, 0.2) is 0 Å². The lowest BCUT2D eigenvalue weighted by atomic mass is 9.98. The first-order valence-electron chi connectivity index (χ1n) is 7.49. The second kappa shape index (κ2) is 7.61. The largest absolute Gasteiger partial charge is 0.338 e. The average molecular weight is 374 g/mol. The van der Waals surface area contributed by atoms with Crippen molar-refractivity contribution in [2.24, 2.45) is 5.92 Å². The number of halogens is 2.